The normalized spacial score (nSPS) is 11.7. The smallest absolute Gasteiger partial charge is 0.192 e. The highest BCUT2D eigenvalue weighted by atomic mass is 28.4. The quantitative estimate of drug-likeness (QED) is 0.761. The molecule has 3 heteroatoms. The minimum absolute atomic E-state index is 0.341. The molecule has 0 saturated carbocycles. The molecule has 0 atom stereocenters. The molecule has 1 N–H and O–H groups in total. The Morgan fingerprint density at radius 2 is 1.62 bits per heavy atom. The average Bonchev–Trinajstić information content (AvgIpc) is 2.34. The fourth-order valence-electron chi connectivity index (χ4n) is 1.92. The first kappa shape index (κ1) is 13.3. The van der Waals surface area contributed by atoms with Gasteiger partial charge >= 0.3 is 0 Å². The van der Waals surface area contributed by atoms with Crippen LogP contribution in [-0.4, -0.2) is 13.4 Å². The van der Waals surface area contributed by atoms with Gasteiger partial charge in [0.25, 0.3) is 0 Å². The highest BCUT2D eigenvalue weighted by Crippen LogP contribution is 2.25. The Morgan fingerprint density at radius 3 is 2.12 bits per heavy atom. The van der Waals surface area contributed by atoms with Crippen molar-refractivity contribution in [3.63, 3.8) is 0 Å². The maximum Gasteiger partial charge on any atom is 0.192 e. The second-order valence-electron chi connectivity index (χ2n) is 4.16. The number of rotatable bonds is 6. The predicted octanol–water partition coefficient (Wildman–Crippen LogP) is 3.91. The fraction of sp³-hybridized carbons (Fsp3) is 0.538. The van der Waals surface area contributed by atoms with E-state index in [4.69, 9.17) is 4.43 Å². The van der Waals surface area contributed by atoms with Crippen molar-refractivity contribution in [2.45, 2.75) is 45.5 Å². The number of hydrogen-bond donors (Lipinski definition) is 1. The molecule has 0 aliphatic rings. The molecule has 0 spiro atoms. The van der Waals surface area contributed by atoms with Crippen LogP contribution in [0.15, 0.2) is 24.3 Å². The van der Waals surface area contributed by atoms with Crippen molar-refractivity contribution < 1.29 is 9.53 Å². The molecule has 0 aliphatic carbocycles. The van der Waals surface area contributed by atoms with Crippen molar-refractivity contribution in [2.75, 3.05) is 0 Å². The Morgan fingerprint density at radius 1 is 1.06 bits per heavy atom. The standard InChI is InChI=1S/C13H22O2Si/c1-4-16(5-2,6-3)15-11-12-9-7-8-10-13(12)14/h7-10,14H,4-6,11H2,1-3H3. The highest BCUT2D eigenvalue weighted by Gasteiger charge is 2.28. The first-order valence-electron chi connectivity index (χ1n) is 6.08. The summed E-state index contributed by atoms with van der Waals surface area (Å²) in [7, 11) is -1.53. The summed E-state index contributed by atoms with van der Waals surface area (Å²) < 4.78 is 6.12. The van der Waals surface area contributed by atoms with Crippen molar-refractivity contribution in [1.82, 2.24) is 0 Å². The van der Waals surface area contributed by atoms with Crippen molar-refractivity contribution in [3.05, 3.63) is 29.8 Å². The van der Waals surface area contributed by atoms with Gasteiger partial charge in [-0.15, -0.1) is 0 Å². The predicted molar refractivity (Wildman–Crippen MR) is 70.1 cm³/mol. The van der Waals surface area contributed by atoms with Gasteiger partial charge in [-0.25, -0.2) is 0 Å². The lowest BCUT2D eigenvalue weighted by Crippen LogP contribution is -2.35. The molecule has 1 rings (SSSR count). The van der Waals surface area contributed by atoms with Crippen molar-refractivity contribution >= 4 is 8.32 Å². The monoisotopic (exact) mass is 238 g/mol. The molecular weight excluding hydrogens is 216 g/mol. The van der Waals surface area contributed by atoms with Crippen molar-refractivity contribution in [3.8, 4) is 5.75 Å². The van der Waals surface area contributed by atoms with Gasteiger partial charge in [0.1, 0.15) is 5.75 Å². The van der Waals surface area contributed by atoms with Crippen LogP contribution < -0.4 is 0 Å². The number of para-hydroxylation sites is 1. The van der Waals surface area contributed by atoms with Crippen molar-refractivity contribution in [1.29, 1.82) is 0 Å². The lowest BCUT2D eigenvalue weighted by Gasteiger charge is -2.28. The minimum Gasteiger partial charge on any atom is -0.508 e. The first-order chi connectivity index (χ1) is 7.67. The molecule has 0 aromatic heterocycles. The summed E-state index contributed by atoms with van der Waals surface area (Å²) in [6.45, 7) is 7.19. The third-order valence-electron chi connectivity index (χ3n) is 3.46. The summed E-state index contributed by atoms with van der Waals surface area (Å²) >= 11 is 0. The lowest BCUT2D eigenvalue weighted by atomic mass is 10.2. The van der Waals surface area contributed by atoms with Crippen LogP contribution in [0.25, 0.3) is 0 Å². The van der Waals surface area contributed by atoms with E-state index in [1.54, 1.807) is 6.07 Å². The van der Waals surface area contributed by atoms with Crippen LogP contribution in [0.2, 0.25) is 18.1 Å². The molecule has 0 saturated heterocycles. The molecule has 0 radical (unpaired) electrons. The van der Waals surface area contributed by atoms with E-state index in [-0.39, 0.29) is 0 Å². The molecule has 90 valence electrons. The van der Waals surface area contributed by atoms with Gasteiger partial charge in [-0.2, -0.15) is 0 Å². The maximum atomic E-state index is 9.66. The van der Waals surface area contributed by atoms with E-state index < -0.39 is 8.32 Å². The zero-order chi connectivity index (χ0) is 12.0. The molecule has 0 heterocycles. The van der Waals surface area contributed by atoms with E-state index in [0.29, 0.717) is 12.4 Å². The molecule has 0 fully saturated rings. The fourth-order valence-corrected chi connectivity index (χ4v) is 4.49. The topological polar surface area (TPSA) is 29.5 Å². The van der Waals surface area contributed by atoms with E-state index in [2.05, 4.69) is 20.8 Å². The Kier molecular flexibility index (Phi) is 5.02. The van der Waals surface area contributed by atoms with E-state index >= 15 is 0 Å². The van der Waals surface area contributed by atoms with Gasteiger partial charge in [0.2, 0.25) is 0 Å². The van der Waals surface area contributed by atoms with E-state index in [0.717, 1.165) is 23.7 Å². The van der Waals surface area contributed by atoms with Gasteiger partial charge in [-0.3, -0.25) is 0 Å². The summed E-state index contributed by atoms with van der Waals surface area (Å²) in [5.74, 6) is 0.341. The van der Waals surface area contributed by atoms with Gasteiger partial charge in [0, 0.05) is 5.56 Å². The Balaban J connectivity index is 2.66. The zero-order valence-corrected chi connectivity index (χ0v) is 11.5. The third kappa shape index (κ3) is 3.09. The molecule has 2 nitrogen and oxygen atoms in total. The van der Waals surface area contributed by atoms with Gasteiger partial charge in [-0.05, 0) is 24.2 Å². The van der Waals surface area contributed by atoms with Gasteiger partial charge in [-0.1, -0.05) is 39.0 Å². The van der Waals surface area contributed by atoms with E-state index in [9.17, 15) is 5.11 Å². The molecule has 1 aromatic carbocycles. The van der Waals surface area contributed by atoms with E-state index in [1.165, 1.54) is 0 Å². The molecule has 0 amide bonds. The van der Waals surface area contributed by atoms with Gasteiger partial charge in [0.15, 0.2) is 8.32 Å². The van der Waals surface area contributed by atoms with Gasteiger partial charge in [0.05, 0.1) is 6.61 Å². The second-order valence-corrected chi connectivity index (χ2v) is 8.94. The molecule has 0 aliphatic heterocycles. The van der Waals surface area contributed by atoms with Crippen LogP contribution in [0.3, 0.4) is 0 Å². The number of aromatic hydroxyl groups is 1. The molecule has 16 heavy (non-hydrogen) atoms. The second kappa shape index (κ2) is 6.06. The SMILES string of the molecule is CC[Si](CC)(CC)OCc1ccccc1O. The first-order valence-corrected chi connectivity index (χ1v) is 8.61. The zero-order valence-electron chi connectivity index (χ0n) is 10.5. The average molecular weight is 238 g/mol. The Bertz CT molecular complexity index is 313. The number of phenols is 1. The summed E-state index contributed by atoms with van der Waals surface area (Å²) in [4.78, 5) is 0. The van der Waals surface area contributed by atoms with Gasteiger partial charge < -0.3 is 9.53 Å². The maximum absolute atomic E-state index is 9.66. The van der Waals surface area contributed by atoms with Crippen LogP contribution in [0.5, 0.6) is 5.75 Å². The Labute approximate surface area is 99.4 Å². The van der Waals surface area contributed by atoms with Crippen LogP contribution in [0.4, 0.5) is 0 Å². The summed E-state index contributed by atoms with van der Waals surface area (Å²) in [5, 5.41) is 9.66. The largest absolute Gasteiger partial charge is 0.508 e. The lowest BCUT2D eigenvalue weighted by molar-refractivity contribution is 0.281. The van der Waals surface area contributed by atoms with Crippen LogP contribution in [0.1, 0.15) is 26.3 Å². The van der Waals surface area contributed by atoms with Crippen LogP contribution in [0, 0.1) is 0 Å². The molecule has 0 unspecified atom stereocenters. The molecular formula is C13H22O2Si. The number of phenolic OH excluding ortho intramolecular Hbond substituents is 1. The van der Waals surface area contributed by atoms with Crippen LogP contribution >= 0.6 is 0 Å². The van der Waals surface area contributed by atoms with Crippen molar-refractivity contribution in [2.24, 2.45) is 0 Å². The molecule has 1 aromatic rings. The number of hydrogen-bond acceptors (Lipinski definition) is 2. The Hall–Kier alpha value is -0.803. The van der Waals surface area contributed by atoms with Crippen LogP contribution in [-0.2, 0) is 11.0 Å². The summed E-state index contributed by atoms with van der Waals surface area (Å²) in [6, 6.07) is 10.9. The highest BCUT2D eigenvalue weighted by molar-refractivity contribution is 6.73. The number of benzene rings is 1. The third-order valence-corrected chi connectivity index (χ3v) is 8.08. The minimum atomic E-state index is -1.53. The molecule has 0 bridgehead atoms. The van der Waals surface area contributed by atoms with E-state index in [1.807, 2.05) is 18.2 Å². The summed E-state index contributed by atoms with van der Waals surface area (Å²) in [5.41, 5.74) is 0.898. The summed E-state index contributed by atoms with van der Waals surface area (Å²) in [6.07, 6.45) is 0.